The van der Waals surface area contributed by atoms with Gasteiger partial charge < -0.3 is 4.18 Å². The molecule has 118 valence electrons. The van der Waals surface area contributed by atoms with Crippen LogP contribution in [0, 0.1) is 11.8 Å². The van der Waals surface area contributed by atoms with E-state index in [0.717, 1.165) is 18.4 Å². The predicted molar refractivity (Wildman–Crippen MR) is 92.5 cm³/mol. The van der Waals surface area contributed by atoms with Gasteiger partial charge in [0.15, 0.2) is 0 Å². The highest BCUT2D eigenvalue weighted by molar-refractivity contribution is 7.94. The second kappa shape index (κ2) is 10.3. The van der Waals surface area contributed by atoms with Crippen LogP contribution in [0.15, 0.2) is 35.2 Å². The molecule has 2 heteroatoms. The third kappa shape index (κ3) is 6.88. The molecular formula is C19H30OS. The molecule has 1 aliphatic rings. The van der Waals surface area contributed by atoms with Crippen molar-refractivity contribution in [3.63, 3.8) is 0 Å². The zero-order valence-electron chi connectivity index (χ0n) is 13.4. The van der Waals surface area contributed by atoms with E-state index in [2.05, 4.69) is 31.2 Å². The van der Waals surface area contributed by atoms with Gasteiger partial charge in [-0.1, -0.05) is 70.1 Å². The minimum atomic E-state index is 0.785. The SMILES string of the molecule is CCCCCCC1CCC(COSc2ccccc2)CC1. The first kappa shape index (κ1) is 16.9. The fourth-order valence-corrected chi connectivity index (χ4v) is 3.89. The van der Waals surface area contributed by atoms with E-state index in [1.165, 1.54) is 74.7 Å². The van der Waals surface area contributed by atoms with Gasteiger partial charge in [-0.25, -0.2) is 0 Å². The molecule has 1 aromatic rings. The molecule has 0 radical (unpaired) electrons. The van der Waals surface area contributed by atoms with Crippen molar-refractivity contribution < 1.29 is 4.18 Å². The standard InChI is InChI=1S/C19H30OS/c1-2-3-4-6-9-17-12-14-18(15-13-17)16-20-21-19-10-7-5-8-11-19/h5,7-8,10-11,17-18H,2-4,6,9,12-16H2,1H3. The number of rotatable bonds is 9. The fourth-order valence-electron chi connectivity index (χ4n) is 3.22. The van der Waals surface area contributed by atoms with Crippen molar-refractivity contribution in [2.24, 2.45) is 11.8 Å². The number of unbranched alkanes of at least 4 members (excludes halogenated alkanes) is 3. The lowest BCUT2D eigenvalue weighted by atomic mass is 9.80. The van der Waals surface area contributed by atoms with Crippen molar-refractivity contribution in [2.75, 3.05) is 6.61 Å². The summed E-state index contributed by atoms with van der Waals surface area (Å²) < 4.78 is 5.82. The molecule has 2 rings (SSSR count). The molecule has 0 N–H and O–H groups in total. The Balaban J connectivity index is 1.53. The molecule has 0 aromatic heterocycles. The van der Waals surface area contributed by atoms with E-state index in [9.17, 15) is 0 Å². The third-order valence-electron chi connectivity index (χ3n) is 4.63. The van der Waals surface area contributed by atoms with Crippen LogP contribution in [-0.2, 0) is 4.18 Å². The van der Waals surface area contributed by atoms with Crippen molar-refractivity contribution >= 4 is 12.0 Å². The third-order valence-corrected chi connectivity index (χ3v) is 5.35. The summed E-state index contributed by atoms with van der Waals surface area (Å²) in [5, 5.41) is 0. The molecule has 1 aliphatic carbocycles. The summed E-state index contributed by atoms with van der Waals surface area (Å²) in [6.07, 6.45) is 12.7. The van der Waals surface area contributed by atoms with Crippen LogP contribution in [0.3, 0.4) is 0 Å². The molecular weight excluding hydrogens is 276 g/mol. The Kier molecular flexibility index (Phi) is 8.28. The van der Waals surface area contributed by atoms with Gasteiger partial charge in [0.1, 0.15) is 0 Å². The van der Waals surface area contributed by atoms with E-state index < -0.39 is 0 Å². The summed E-state index contributed by atoms with van der Waals surface area (Å²) in [6, 6.07) is 10.4. The summed E-state index contributed by atoms with van der Waals surface area (Å²) in [5.74, 6) is 1.79. The maximum atomic E-state index is 5.82. The Labute approximate surface area is 135 Å². The van der Waals surface area contributed by atoms with Gasteiger partial charge in [-0.05, 0) is 36.8 Å². The molecule has 1 aromatic carbocycles. The largest absolute Gasteiger partial charge is 0.310 e. The van der Waals surface area contributed by atoms with Crippen molar-refractivity contribution in [3.8, 4) is 0 Å². The van der Waals surface area contributed by atoms with Crippen LogP contribution in [-0.4, -0.2) is 6.61 Å². The maximum absolute atomic E-state index is 5.82. The average molecular weight is 307 g/mol. The van der Waals surface area contributed by atoms with E-state index in [0.29, 0.717) is 0 Å². The van der Waals surface area contributed by atoms with Gasteiger partial charge >= 0.3 is 0 Å². The number of benzene rings is 1. The molecule has 0 saturated heterocycles. The van der Waals surface area contributed by atoms with Crippen LogP contribution in [0.4, 0.5) is 0 Å². The number of hydrogen-bond donors (Lipinski definition) is 0. The molecule has 0 amide bonds. The first-order chi connectivity index (χ1) is 10.4. The van der Waals surface area contributed by atoms with Gasteiger partial charge in [-0.3, -0.25) is 0 Å². The van der Waals surface area contributed by atoms with Gasteiger partial charge in [0.25, 0.3) is 0 Å². The van der Waals surface area contributed by atoms with Gasteiger partial charge in [0.2, 0.25) is 0 Å². The van der Waals surface area contributed by atoms with Crippen LogP contribution in [0.1, 0.15) is 64.7 Å². The molecule has 0 unspecified atom stereocenters. The quantitative estimate of drug-likeness (QED) is 0.381. The molecule has 0 atom stereocenters. The minimum absolute atomic E-state index is 0.785. The van der Waals surface area contributed by atoms with E-state index in [1.54, 1.807) is 0 Å². The topological polar surface area (TPSA) is 9.23 Å². The summed E-state index contributed by atoms with van der Waals surface area (Å²) in [4.78, 5) is 1.21. The molecule has 0 aliphatic heterocycles. The highest BCUT2D eigenvalue weighted by Gasteiger charge is 2.21. The molecule has 0 heterocycles. The zero-order valence-corrected chi connectivity index (χ0v) is 14.2. The molecule has 21 heavy (non-hydrogen) atoms. The molecule has 1 saturated carbocycles. The Morgan fingerprint density at radius 1 is 0.952 bits per heavy atom. The van der Waals surface area contributed by atoms with Crippen LogP contribution in [0.2, 0.25) is 0 Å². The first-order valence-electron chi connectivity index (χ1n) is 8.73. The average Bonchev–Trinajstić information content (AvgIpc) is 2.54. The summed E-state index contributed by atoms with van der Waals surface area (Å²) in [7, 11) is 0. The van der Waals surface area contributed by atoms with Gasteiger partial charge in [0, 0.05) is 16.9 Å². The molecule has 1 fully saturated rings. The smallest absolute Gasteiger partial charge is 0.0646 e. The van der Waals surface area contributed by atoms with Crippen molar-refractivity contribution in [2.45, 2.75) is 69.6 Å². The summed E-state index contributed by atoms with van der Waals surface area (Å²) >= 11 is 1.53. The first-order valence-corrected chi connectivity index (χ1v) is 9.47. The Hall–Kier alpha value is -0.470. The second-order valence-electron chi connectivity index (χ2n) is 6.42. The Bertz CT molecular complexity index is 357. The van der Waals surface area contributed by atoms with Gasteiger partial charge in [0.05, 0.1) is 6.61 Å². The normalized spacial score (nSPS) is 22.3. The second-order valence-corrected chi connectivity index (χ2v) is 7.29. The predicted octanol–water partition coefficient (Wildman–Crippen LogP) is 6.49. The van der Waals surface area contributed by atoms with Crippen LogP contribution in [0.25, 0.3) is 0 Å². The Morgan fingerprint density at radius 2 is 1.67 bits per heavy atom. The zero-order chi connectivity index (χ0) is 14.8. The van der Waals surface area contributed by atoms with Crippen molar-refractivity contribution in [1.82, 2.24) is 0 Å². The highest BCUT2D eigenvalue weighted by Crippen LogP contribution is 2.33. The van der Waals surface area contributed by atoms with Crippen molar-refractivity contribution in [3.05, 3.63) is 30.3 Å². The molecule has 0 bridgehead atoms. The van der Waals surface area contributed by atoms with Gasteiger partial charge in [-0.2, -0.15) is 0 Å². The van der Waals surface area contributed by atoms with E-state index >= 15 is 0 Å². The van der Waals surface area contributed by atoms with Crippen LogP contribution < -0.4 is 0 Å². The van der Waals surface area contributed by atoms with Crippen LogP contribution >= 0.6 is 12.0 Å². The minimum Gasteiger partial charge on any atom is -0.310 e. The van der Waals surface area contributed by atoms with E-state index in [1.807, 2.05) is 6.07 Å². The maximum Gasteiger partial charge on any atom is 0.0646 e. The number of hydrogen-bond acceptors (Lipinski definition) is 2. The van der Waals surface area contributed by atoms with E-state index in [-0.39, 0.29) is 0 Å². The lowest BCUT2D eigenvalue weighted by Crippen LogP contribution is -2.17. The lowest BCUT2D eigenvalue weighted by Gasteiger charge is -2.28. The molecule has 1 nitrogen and oxygen atoms in total. The van der Waals surface area contributed by atoms with E-state index in [4.69, 9.17) is 4.18 Å². The van der Waals surface area contributed by atoms with Crippen molar-refractivity contribution in [1.29, 1.82) is 0 Å². The Morgan fingerprint density at radius 3 is 2.38 bits per heavy atom. The summed E-state index contributed by atoms with van der Waals surface area (Å²) in [5.41, 5.74) is 0. The molecule has 0 spiro atoms. The highest BCUT2D eigenvalue weighted by atomic mass is 32.2. The lowest BCUT2D eigenvalue weighted by molar-refractivity contribution is 0.194. The van der Waals surface area contributed by atoms with Crippen LogP contribution in [0.5, 0.6) is 0 Å². The monoisotopic (exact) mass is 306 g/mol. The summed E-state index contributed by atoms with van der Waals surface area (Å²) in [6.45, 7) is 3.21. The van der Waals surface area contributed by atoms with Gasteiger partial charge in [-0.15, -0.1) is 0 Å². The fraction of sp³-hybridized carbons (Fsp3) is 0.684.